The Morgan fingerprint density at radius 3 is 2.62 bits per heavy atom. The van der Waals surface area contributed by atoms with Crippen molar-refractivity contribution in [1.82, 2.24) is 9.88 Å². The number of aromatic amines is 1. The average Bonchev–Trinajstić information content (AvgIpc) is 3.10. The lowest BCUT2D eigenvalue weighted by molar-refractivity contribution is 0.0675. The van der Waals surface area contributed by atoms with E-state index >= 15 is 0 Å². The number of carbonyl (C=O) groups is 2. The number of amides is 1. The van der Waals surface area contributed by atoms with Crippen LogP contribution in [0.15, 0.2) is 16.5 Å². The van der Waals surface area contributed by atoms with E-state index in [4.69, 9.17) is 4.42 Å². The molecule has 0 saturated carbocycles. The summed E-state index contributed by atoms with van der Waals surface area (Å²) >= 11 is 1.82. The highest BCUT2D eigenvalue weighted by atomic mass is 32.2. The molecule has 1 aliphatic heterocycles. The minimum atomic E-state index is -0.0752. The van der Waals surface area contributed by atoms with E-state index in [1.807, 2.05) is 49.6 Å². The molecule has 6 heteroatoms. The number of Topliss-reactive ketones (excluding diaryl/α,β-unsaturated/α-hetero) is 1. The zero-order valence-corrected chi connectivity index (χ0v) is 15.3. The topological polar surface area (TPSA) is 66.3 Å². The van der Waals surface area contributed by atoms with Crippen LogP contribution in [0.4, 0.5) is 0 Å². The molecular formula is C18H22N2O3S. The number of rotatable bonds is 3. The molecule has 5 nitrogen and oxygen atoms in total. The Bertz CT molecular complexity index is 790. The van der Waals surface area contributed by atoms with Gasteiger partial charge in [0.2, 0.25) is 0 Å². The SMILES string of the molecule is CC(=O)c1c(C)[nH]c(C(=O)N2CCSCC2c2ccc(C)o2)c1C. The molecule has 1 fully saturated rings. The predicted octanol–water partition coefficient (Wildman–Crippen LogP) is 3.67. The average molecular weight is 346 g/mol. The molecule has 1 N–H and O–H groups in total. The van der Waals surface area contributed by atoms with Crippen molar-refractivity contribution in [3.8, 4) is 0 Å². The zero-order chi connectivity index (χ0) is 17.4. The van der Waals surface area contributed by atoms with Crippen LogP contribution in [0.2, 0.25) is 0 Å². The molecule has 2 aromatic heterocycles. The fourth-order valence-corrected chi connectivity index (χ4v) is 4.41. The molecule has 0 aromatic carbocycles. The minimum absolute atomic E-state index is 0.0206. The number of thioether (sulfide) groups is 1. The van der Waals surface area contributed by atoms with E-state index in [1.165, 1.54) is 6.92 Å². The first-order valence-corrected chi connectivity index (χ1v) is 9.20. The molecule has 1 unspecified atom stereocenters. The number of ketones is 1. The summed E-state index contributed by atoms with van der Waals surface area (Å²) < 4.78 is 5.77. The molecule has 0 bridgehead atoms. The number of aryl methyl sites for hydroxylation is 2. The highest BCUT2D eigenvalue weighted by Crippen LogP contribution is 2.32. The first-order valence-electron chi connectivity index (χ1n) is 8.05. The molecular weight excluding hydrogens is 324 g/mol. The van der Waals surface area contributed by atoms with E-state index in [0.29, 0.717) is 17.8 Å². The van der Waals surface area contributed by atoms with Gasteiger partial charge in [-0.15, -0.1) is 0 Å². The van der Waals surface area contributed by atoms with Gasteiger partial charge in [-0.3, -0.25) is 9.59 Å². The second-order valence-electron chi connectivity index (χ2n) is 6.22. The fourth-order valence-electron chi connectivity index (χ4n) is 3.35. The number of hydrogen-bond acceptors (Lipinski definition) is 4. The maximum atomic E-state index is 13.1. The first kappa shape index (κ1) is 16.9. The molecule has 0 aliphatic carbocycles. The Morgan fingerprint density at radius 1 is 1.29 bits per heavy atom. The molecule has 0 spiro atoms. The van der Waals surface area contributed by atoms with Crippen LogP contribution in [-0.4, -0.2) is 39.6 Å². The number of hydrogen-bond donors (Lipinski definition) is 1. The highest BCUT2D eigenvalue weighted by molar-refractivity contribution is 7.99. The van der Waals surface area contributed by atoms with Crippen LogP contribution in [0.5, 0.6) is 0 Å². The van der Waals surface area contributed by atoms with Crippen LogP contribution in [0.25, 0.3) is 0 Å². The molecule has 3 rings (SSSR count). The maximum Gasteiger partial charge on any atom is 0.271 e. The van der Waals surface area contributed by atoms with Crippen molar-refractivity contribution in [2.75, 3.05) is 18.1 Å². The second-order valence-corrected chi connectivity index (χ2v) is 7.37. The van der Waals surface area contributed by atoms with Crippen molar-refractivity contribution < 1.29 is 14.0 Å². The van der Waals surface area contributed by atoms with Gasteiger partial charge in [-0.2, -0.15) is 11.8 Å². The van der Waals surface area contributed by atoms with Crippen molar-refractivity contribution in [1.29, 1.82) is 0 Å². The first-order chi connectivity index (χ1) is 11.4. The summed E-state index contributed by atoms with van der Waals surface area (Å²) in [6.45, 7) is 7.77. The standard InChI is InChI=1S/C18H22N2O3S/c1-10-5-6-15(23-10)14-9-24-8-7-20(14)18(22)17-11(2)16(13(4)21)12(3)19-17/h5-6,14,19H,7-9H2,1-4H3. The van der Waals surface area contributed by atoms with Crippen LogP contribution in [0.3, 0.4) is 0 Å². The van der Waals surface area contributed by atoms with Crippen molar-refractivity contribution in [3.63, 3.8) is 0 Å². The summed E-state index contributed by atoms with van der Waals surface area (Å²) in [5.41, 5.74) is 2.62. The van der Waals surface area contributed by atoms with Crippen LogP contribution in [0.1, 0.15) is 56.6 Å². The van der Waals surface area contributed by atoms with Gasteiger partial charge in [0.15, 0.2) is 5.78 Å². The molecule has 2 aromatic rings. The van der Waals surface area contributed by atoms with Gasteiger partial charge < -0.3 is 14.3 Å². The number of carbonyl (C=O) groups excluding carboxylic acids is 2. The van der Waals surface area contributed by atoms with Gasteiger partial charge in [0.1, 0.15) is 17.2 Å². The number of nitrogens with one attached hydrogen (secondary N) is 1. The third kappa shape index (κ3) is 2.90. The third-order valence-electron chi connectivity index (χ3n) is 4.48. The number of nitrogens with zero attached hydrogens (tertiary/aromatic N) is 1. The second kappa shape index (κ2) is 6.51. The summed E-state index contributed by atoms with van der Waals surface area (Å²) in [4.78, 5) is 29.9. The quantitative estimate of drug-likeness (QED) is 0.861. The van der Waals surface area contributed by atoms with Crippen LogP contribution in [-0.2, 0) is 0 Å². The van der Waals surface area contributed by atoms with E-state index in [1.54, 1.807) is 0 Å². The molecule has 1 saturated heterocycles. The lowest BCUT2D eigenvalue weighted by Gasteiger charge is -2.34. The van der Waals surface area contributed by atoms with Gasteiger partial charge in [0.05, 0.1) is 6.04 Å². The molecule has 1 aliphatic rings. The third-order valence-corrected chi connectivity index (χ3v) is 5.51. The molecule has 3 heterocycles. The van der Waals surface area contributed by atoms with Gasteiger partial charge in [0.25, 0.3) is 5.91 Å². The van der Waals surface area contributed by atoms with E-state index in [-0.39, 0.29) is 17.7 Å². The van der Waals surface area contributed by atoms with Gasteiger partial charge in [0, 0.05) is 29.3 Å². The normalized spacial score (nSPS) is 18.0. The Hall–Kier alpha value is -1.95. The summed E-state index contributed by atoms with van der Waals surface area (Å²) in [7, 11) is 0. The number of H-pyrrole nitrogens is 1. The van der Waals surface area contributed by atoms with Crippen molar-refractivity contribution >= 4 is 23.5 Å². The summed E-state index contributed by atoms with van der Waals surface area (Å²) in [5, 5.41) is 0. The van der Waals surface area contributed by atoms with E-state index in [0.717, 1.165) is 34.3 Å². The Labute approximate surface area is 145 Å². The monoisotopic (exact) mass is 346 g/mol. The molecule has 1 amide bonds. The van der Waals surface area contributed by atoms with Crippen molar-refractivity contribution in [2.24, 2.45) is 0 Å². The summed E-state index contributed by atoms with van der Waals surface area (Å²) in [6, 6.07) is 3.79. The van der Waals surface area contributed by atoms with Gasteiger partial charge in [-0.1, -0.05) is 0 Å². The number of furan rings is 1. The van der Waals surface area contributed by atoms with E-state index < -0.39 is 0 Å². The van der Waals surface area contributed by atoms with E-state index in [9.17, 15) is 9.59 Å². The Kier molecular flexibility index (Phi) is 4.58. The smallest absolute Gasteiger partial charge is 0.271 e. The van der Waals surface area contributed by atoms with Gasteiger partial charge in [-0.05, 0) is 45.4 Å². The number of aromatic nitrogens is 1. The highest BCUT2D eigenvalue weighted by Gasteiger charge is 2.33. The molecule has 24 heavy (non-hydrogen) atoms. The van der Waals surface area contributed by atoms with Crippen LogP contribution >= 0.6 is 11.8 Å². The minimum Gasteiger partial charge on any atom is -0.464 e. The summed E-state index contributed by atoms with van der Waals surface area (Å²) in [5.74, 6) is 3.30. The van der Waals surface area contributed by atoms with Gasteiger partial charge in [-0.25, -0.2) is 0 Å². The molecule has 0 radical (unpaired) electrons. The van der Waals surface area contributed by atoms with Crippen molar-refractivity contribution in [3.05, 3.63) is 46.2 Å². The predicted molar refractivity (Wildman–Crippen MR) is 94.8 cm³/mol. The Balaban J connectivity index is 1.95. The molecule has 128 valence electrons. The summed E-state index contributed by atoms with van der Waals surface area (Å²) in [6.07, 6.45) is 0. The maximum absolute atomic E-state index is 13.1. The lowest BCUT2D eigenvalue weighted by atomic mass is 10.1. The Morgan fingerprint density at radius 2 is 2.04 bits per heavy atom. The fraction of sp³-hybridized carbons (Fsp3) is 0.444. The van der Waals surface area contributed by atoms with Gasteiger partial charge >= 0.3 is 0 Å². The molecule has 1 atom stereocenters. The lowest BCUT2D eigenvalue weighted by Crippen LogP contribution is -2.41. The van der Waals surface area contributed by atoms with Crippen LogP contribution < -0.4 is 0 Å². The zero-order valence-electron chi connectivity index (χ0n) is 14.4. The largest absolute Gasteiger partial charge is 0.464 e. The van der Waals surface area contributed by atoms with Crippen molar-refractivity contribution in [2.45, 2.75) is 33.7 Å². The van der Waals surface area contributed by atoms with Crippen LogP contribution in [0, 0.1) is 20.8 Å². The van der Waals surface area contributed by atoms with E-state index in [2.05, 4.69) is 4.98 Å².